The van der Waals surface area contributed by atoms with Crippen LogP contribution in [0.2, 0.25) is 0 Å². The molecule has 1 atom stereocenters. The van der Waals surface area contributed by atoms with Gasteiger partial charge in [0, 0.05) is 0 Å². The molecule has 3 nitrogen and oxygen atoms in total. The van der Waals surface area contributed by atoms with Crippen molar-refractivity contribution < 1.29 is 4.74 Å². The van der Waals surface area contributed by atoms with Crippen LogP contribution in [0, 0.1) is 11.3 Å². The molecule has 1 aromatic carbocycles. The first-order chi connectivity index (χ1) is 10.1. The molecule has 0 heterocycles. The number of rotatable bonds is 9. The van der Waals surface area contributed by atoms with Crippen LogP contribution in [0.15, 0.2) is 24.3 Å². The predicted octanol–water partition coefficient (Wildman–Crippen LogP) is 4.25. The van der Waals surface area contributed by atoms with Gasteiger partial charge >= 0.3 is 0 Å². The lowest BCUT2D eigenvalue weighted by molar-refractivity contribution is 0.275. The summed E-state index contributed by atoms with van der Waals surface area (Å²) in [7, 11) is 0. The second kappa shape index (κ2) is 8.69. The van der Waals surface area contributed by atoms with Gasteiger partial charge in [-0.1, -0.05) is 45.9 Å². The van der Waals surface area contributed by atoms with Crippen molar-refractivity contribution in [2.45, 2.75) is 58.4 Å². The fourth-order valence-corrected chi connectivity index (χ4v) is 2.55. The lowest BCUT2D eigenvalue weighted by atomic mass is 9.92. The van der Waals surface area contributed by atoms with Crippen LogP contribution in [-0.2, 0) is 0 Å². The Kier molecular flexibility index (Phi) is 7.25. The maximum absolute atomic E-state index is 9.39. The molecular formula is C18H28N2O. The molecule has 3 heteroatoms. The molecule has 0 fully saturated rings. The minimum absolute atomic E-state index is 0.407. The first kappa shape index (κ1) is 17.5. The number of ether oxygens (including phenoxy) is 1. The van der Waals surface area contributed by atoms with Crippen LogP contribution in [-0.4, -0.2) is 18.7 Å². The van der Waals surface area contributed by atoms with Gasteiger partial charge in [0.2, 0.25) is 0 Å². The van der Waals surface area contributed by atoms with E-state index in [1.54, 1.807) is 0 Å². The summed E-state index contributed by atoms with van der Waals surface area (Å²) >= 11 is 0. The maximum Gasteiger partial charge on any atom is 0.122 e. The SMILES string of the molecule is CCNC(C#N)(CC)CCCOc1ccccc1C(C)C. The average Bonchev–Trinajstić information content (AvgIpc) is 2.50. The van der Waals surface area contributed by atoms with Crippen LogP contribution < -0.4 is 10.1 Å². The van der Waals surface area contributed by atoms with Gasteiger partial charge in [0.1, 0.15) is 11.3 Å². The zero-order valence-electron chi connectivity index (χ0n) is 13.8. The molecule has 0 amide bonds. The minimum Gasteiger partial charge on any atom is -0.493 e. The molecule has 0 bridgehead atoms. The van der Waals surface area contributed by atoms with Gasteiger partial charge in [-0.05, 0) is 43.4 Å². The highest BCUT2D eigenvalue weighted by atomic mass is 16.5. The Morgan fingerprint density at radius 1 is 1.29 bits per heavy atom. The Balaban J connectivity index is 2.53. The van der Waals surface area contributed by atoms with Crippen LogP contribution in [0.3, 0.4) is 0 Å². The van der Waals surface area contributed by atoms with Crippen LogP contribution in [0.25, 0.3) is 0 Å². The zero-order valence-corrected chi connectivity index (χ0v) is 13.8. The van der Waals surface area contributed by atoms with Crippen molar-refractivity contribution in [1.29, 1.82) is 5.26 Å². The summed E-state index contributed by atoms with van der Waals surface area (Å²) in [5, 5.41) is 12.7. The van der Waals surface area contributed by atoms with Crippen LogP contribution in [0.5, 0.6) is 5.75 Å². The second-order valence-electron chi connectivity index (χ2n) is 5.72. The topological polar surface area (TPSA) is 45.0 Å². The highest BCUT2D eigenvalue weighted by Crippen LogP contribution is 2.26. The van der Waals surface area contributed by atoms with E-state index in [0.29, 0.717) is 12.5 Å². The Bertz CT molecular complexity index is 465. The normalized spacial score (nSPS) is 13.7. The van der Waals surface area contributed by atoms with E-state index in [1.807, 2.05) is 25.1 Å². The third-order valence-corrected chi connectivity index (χ3v) is 3.88. The lowest BCUT2D eigenvalue weighted by Crippen LogP contribution is -2.43. The largest absolute Gasteiger partial charge is 0.493 e. The molecule has 0 aromatic heterocycles. The van der Waals surface area contributed by atoms with Crippen molar-refractivity contribution in [3.63, 3.8) is 0 Å². The second-order valence-corrected chi connectivity index (χ2v) is 5.72. The van der Waals surface area contributed by atoms with E-state index in [0.717, 1.165) is 31.6 Å². The number of nitriles is 1. The highest BCUT2D eigenvalue weighted by molar-refractivity contribution is 5.35. The number of benzene rings is 1. The molecule has 0 aliphatic rings. The summed E-state index contributed by atoms with van der Waals surface area (Å²) < 4.78 is 5.92. The van der Waals surface area contributed by atoms with Crippen molar-refractivity contribution in [2.24, 2.45) is 0 Å². The van der Waals surface area contributed by atoms with Crippen LogP contribution in [0.4, 0.5) is 0 Å². The van der Waals surface area contributed by atoms with Gasteiger partial charge in [0.05, 0.1) is 12.7 Å². The molecule has 0 saturated carbocycles. The molecule has 0 spiro atoms. The zero-order chi connectivity index (χ0) is 15.7. The summed E-state index contributed by atoms with van der Waals surface area (Å²) in [5.41, 5.74) is 0.835. The van der Waals surface area contributed by atoms with Gasteiger partial charge in [-0.15, -0.1) is 0 Å². The summed E-state index contributed by atoms with van der Waals surface area (Å²) in [6.07, 6.45) is 2.51. The Labute approximate surface area is 129 Å². The molecule has 0 aliphatic heterocycles. The number of hydrogen-bond acceptors (Lipinski definition) is 3. The fraction of sp³-hybridized carbons (Fsp3) is 0.611. The molecule has 1 N–H and O–H groups in total. The molecular weight excluding hydrogens is 260 g/mol. The Morgan fingerprint density at radius 3 is 2.57 bits per heavy atom. The summed E-state index contributed by atoms with van der Waals surface area (Å²) in [6, 6.07) is 10.6. The van der Waals surface area contributed by atoms with E-state index in [-0.39, 0.29) is 0 Å². The predicted molar refractivity (Wildman–Crippen MR) is 87.6 cm³/mol. The number of nitrogens with zero attached hydrogens (tertiary/aromatic N) is 1. The van der Waals surface area contributed by atoms with Gasteiger partial charge in [-0.25, -0.2) is 0 Å². The molecule has 116 valence electrons. The third kappa shape index (κ3) is 5.06. The van der Waals surface area contributed by atoms with Crippen LogP contribution >= 0.6 is 0 Å². The van der Waals surface area contributed by atoms with Crippen molar-refractivity contribution in [2.75, 3.05) is 13.2 Å². The number of hydrogen-bond donors (Lipinski definition) is 1. The number of para-hydroxylation sites is 1. The molecule has 1 aromatic rings. The van der Waals surface area contributed by atoms with Crippen molar-refractivity contribution in [1.82, 2.24) is 5.32 Å². The molecule has 0 aliphatic carbocycles. The maximum atomic E-state index is 9.39. The average molecular weight is 288 g/mol. The quantitative estimate of drug-likeness (QED) is 0.691. The van der Waals surface area contributed by atoms with E-state index < -0.39 is 5.54 Å². The van der Waals surface area contributed by atoms with Gasteiger partial charge in [0.15, 0.2) is 0 Å². The number of nitrogens with one attached hydrogen (secondary N) is 1. The summed E-state index contributed by atoms with van der Waals surface area (Å²) in [6.45, 7) is 9.91. The van der Waals surface area contributed by atoms with Gasteiger partial charge in [0.25, 0.3) is 0 Å². The van der Waals surface area contributed by atoms with E-state index in [9.17, 15) is 5.26 Å². The van der Waals surface area contributed by atoms with Gasteiger partial charge in [-0.2, -0.15) is 5.26 Å². The highest BCUT2D eigenvalue weighted by Gasteiger charge is 2.25. The van der Waals surface area contributed by atoms with Gasteiger partial charge < -0.3 is 4.74 Å². The van der Waals surface area contributed by atoms with E-state index in [1.165, 1.54) is 5.56 Å². The van der Waals surface area contributed by atoms with Crippen LogP contribution in [0.1, 0.15) is 58.4 Å². The summed E-state index contributed by atoms with van der Waals surface area (Å²) in [4.78, 5) is 0. The monoisotopic (exact) mass is 288 g/mol. The fourth-order valence-electron chi connectivity index (χ4n) is 2.55. The Hall–Kier alpha value is -1.53. The van der Waals surface area contributed by atoms with Crippen molar-refractivity contribution >= 4 is 0 Å². The molecule has 0 radical (unpaired) electrons. The van der Waals surface area contributed by atoms with E-state index in [4.69, 9.17) is 4.74 Å². The molecule has 0 saturated heterocycles. The van der Waals surface area contributed by atoms with E-state index in [2.05, 4.69) is 38.2 Å². The smallest absolute Gasteiger partial charge is 0.122 e. The molecule has 1 unspecified atom stereocenters. The lowest BCUT2D eigenvalue weighted by Gasteiger charge is -2.26. The van der Waals surface area contributed by atoms with Crippen molar-refractivity contribution in [3.05, 3.63) is 29.8 Å². The molecule has 21 heavy (non-hydrogen) atoms. The first-order valence-corrected chi connectivity index (χ1v) is 7.96. The first-order valence-electron chi connectivity index (χ1n) is 7.96. The third-order valence-electron chi connectivity index (χ3n) is 3.88. The van der Waals surface area contributed by atoms with Gasteiger partial charge in [-0.3, -0.25) is 5.32 Å². The minimum atomic E-state index is -0.407. The summed E-state index contributed by atoms with van der Waals surface area (Å²) in [5.74, 6) is 1.42. The molecule has 1 rings (SSSR count). The standard InChI is InChI=1S/C18H28N2O/c1-5-18(14-19,20-6-2)12-9-13-21-17-11-8-7-10-16(17)15(3)4/h7-8,10-11,15,20H,5-6,9,12-13H2,1-4H3. The Morgan fingerprint density at radius 2 is 2.00 bits per heavy atom. The van der Waals surface area contributed by atoms with E-state index >= 15 is 0 Å². The van der Waals surface area contributed by atoms with Crippen molar-refractivity contribution in [3.8, 4) is 11.8 Å².